The van der Waals surface area contributed by atoms with E-state index >= 15 is 0 Å². The fraction of sp³-hybridized carbons (Fsp3) is 0.375. The third-order valence-corrected chi connectivity index (χ3v) is 4.72. The number of hydrogen-bond donors (Lipinski definition) is 1. The molecule has 116 valence electrons. The number of hydrogen-bond acceptors (Lipinski definition) is 4. The smallest absolute Gasteiger partial charge is 0.234 e. The van der Waals surface area contributed by atoms with Crippen molar-refractivity contribution in [2.75, 3.05) is 18.5 Å². The molecular weight excluding hydrogens is 303 g/mol. The number of rotatable bonds is 4. The molecule has 0 radical (unpaired) electrons. The molecule has 1 fully saturated rings. The molecule has 4 nitrogen and oxygen atoms in total. The number of amides is 1. The molecule has 1 atom stereocenters. The molecule has 6 heteroatoms. The van der Waals surface area contributed by atoms with Gasteiger partial charge in [0.05, 0.1) is 12.0 Å². The highest BCUT2D eigenvalue weighted by Crippen LogP contribution is 2.30. The number of ether oxygens (including phenoxy) is 1. The lowest BCUT2D eigenvalue weighted by Gasteiger charge is -2.19. The SMILES string of the molecule is C[C@@]1(C(=O)Nc2ncc(Cc3cccc(F)c3)s2)CCOC1. The lowest BCUT2D eigenvalue weighted by atomic mass is 9.89. The fourth-order valence-corrected chi connectivity index (χ4v) is 3.23. The Balaban J connectivity index is 1.65. The Morgan fingerprint density at radius 1 is 1.55 bits per heavy atom. The summed E-state index contributed by atoms with van der Waals surface area (Å²) in [6.07, 6.45) is 3.05. The first kappa shape index (κ1) is 15.1. The summed E-state index contributed by atoms with van der Waals surface area (Å²) < 4.78 is 18.5. The molecule has 2 aromatic rings. The predicted molar refractivity (Wildman–Crippen MR) is 83.5 cm³/mol. The van der Waals surface area contributed by atoms with Crippen LogP contribution in [0.25, 0.3) is 0 Å². The highest BCUT2D eigenvalue weighted by molar-refractivity contribution is 7.15. The molecule has 0 bridgehead atoms. The number of thiazole rings is 1. The van der Waals surface area contributed by atoms with Gasteiger partial charge < -0.3 is 10.1 Å². The van der Waals surface area contributed by atoms with E-state index in [0.717, 1.165) is 16.9 Å². The number of carbonyl (C=O) groups is 1. The van der Waals surface area contributed by atoms with Gasteiger partial charge in [-0.15, -0.1) is 11.3 Å². The molecule has 0 spiro atoms. The summed E-state index contributed by atoms with van der Waals surface area (Å²) in [7, 11) is 0. The fourth-order valence-electron chi connectivity index (χ4n) is 2.39. The maximum Gasteiger partial charge on any atom is 0.234 e. The van der Waals surface area contributed by atoms with E-state index in [1.165, 1.54) is 23.5 Å². The van der Waals surface area contributed by atoms with Gasteiger partial charge in [-0.3, -0.25) is 4.79 Å². The molecule has 1 N–H and O–H groups in total. The molecule has 3 rings (SSSR count). The molecule has 1 aliphatic rings. The van der Waals surface area contributed by atoms with Crippen LogP contribution in [-0.4, -0.2) is 24.1 Å². The van der Waals surface area contributed by atoms with Crippen molar-refractivity contribution in [2.45, 2.75) is 19.8 Å². The lowest BCUT2D eigenvalue weighted by molar-refractivity contribution is -0.124. The van der Waals surface area contributed by atoms with Crippen LogP contribution >= 0.6 is 11.3 Å². The summed E-state index contributed by atoms with van der Waals surface area (Å²) >= 11 is 1.41. The van der Waals surface area contributed by atoms with Gasteiger partial charge in [0.2, 0.25) is 5.91 Å². The Morgan fingerprint density at radius 3 is 3.14 bits per heavy atom. The number of aromatic nitrogens is 1. The molecule has 1 aromatic heterocycles. The summed E-state index contributed by atoms with van der Waals surface area (Å²) in [5.74, 6) is -0.304. The van der Waals surface area contributed by atoms with Crippen molar-refractivity contribution in [3.63, 3.8) is 0 Å². The highest BCUT2D eigenvalue weighted by atomic mass is 32.1. The Morgan fingerprint density at radius 2 is 2.41 bits per heavy atom. The largest absolute Gasteiger partial charge is 0.380 e. The van der Waals surface area contributed by atoms with Gasteiger partial charge in [0, 0.05) is 24.1 Å². The zero-order valence-electron chi connectivity index (χ0n) is 12.3. The van der Waals surface area contributed by atoms with Crippen molar-refractivity contribution < 1.29 is 13.9 Å². The van der Waals surface area contributed by atoms with Crippen LogP contribution in [0.3, 0.4) is 0 Å². The second-order valence-corrected chi connectivity index (χ2v) is 6.87. The first-order valence-corrected chi connectivity index (χ1v) is 7.95. The zero-order valence-corrected chi connectivity index (χ0v) is 13.1. The minimum absolute atomic E-state index is 0.0587. The van der Waals surface area contributed by atoms with Crippen LogP contribution < -0.4 is 5.32 Å². The first-order valence-electron chi connectivity index (χ1n) is 7.13. The van der Waals surface area contributed by atoms with Gasteiger partial charge in [0.15, 0.2) is 5.13 Å². The van der Waals surface area contributed by atoms with E-state index in [1.54, 1.807) is 12.3 Å². The number of nitrogens with one attached hydrogen (secondary N) is 1. The number of carbonyl (C=O) groups excluding carboxylic acids is 1. The normalized spacial score (nSPS) is 21.0. The van der Waals surface area contributed by atoms with Crippen molar-refractivity contribution in [3.05, 3.63) is 46.7 Å². The molecule has 2 heterocycles. The van der Waals surface area contributed by atoms with Gasteiger partial charge in [0.1, 0.15) is 5.82 Å². The molecule has 1 aliphatic heterocycles. The van der Waals surface area contributed by atoms with E-state index in [1.807, 2.05) is 13.0 Å². The van der Waals surface area contributed by atoms with Crippen LogP contribution in [0, 0.1) is 11.2 Å². The summed E-state index contributed by atoms with van der Waals surface area (Å²) in [6, 6.07) is 6.49. The Hall–Kier alpha value is -1.79. The van der Waals surface area contributed by atoms with Gasteiger partial charge in [-0.25, -0.2) is 9.37 Å². The van der Waals surface area contributed by atoms with Gasteiger partial charge >= 0.3 is 0 Å². The summed E-state index contributed by atoms with van der Waals surface area (Å²) in [6.45, 7) is 2.96. The van der Waals surface area contributed by atoms with Crippen molar-refractivity contribution >= 4 is 22.4 Å². The minimum atomic E-state index is -0.478. The summed E-state index contributed by atoms with van der Waals surface area (Å²) in [4.78, 5) is 17.5. The van der Waals surface area contributed by atoms with E-state index in [-0.39, 0.29) is 11.7 Å². The number of anilines is 1. The Bertz CT molecular complexity index is 680. The number of benzene rings is 1. The van der Waals surface area contributed by atoms with E-state index in [0.29, 0.717) is 24.8 Å². The van der Waals surface area contributed by atoms with Crippen LogP contribution in [-0.2, 0) is 16.0 Å². The van der Waals surface area contributed by atoms with E-state index in [4.69, 9.17) is 4.74 Å². The average Bonchev–Trinajstić information content (AvgIpc) is 3.09. The third-order valence-electron chi connectivity index (χ3n) is 3.81. The Labute approximate surface area is 132 Å². The van der Waals surface area contributed by atoms with Gasteiger partial charge in [0.25, 0.3) is 0 Å². The summed E-state index contributed by atoms with van der Waals surface area (Å²) in [5.41, 5.74) is 0.409. The molecule has 0 saturated carbocycles. The molecule has 22 heavy (non-hydrogen) atoms. The highest BCUT2D eigenvalue weighted by Gasteiger charge is 2.37. The van der Waals surface area contributed by atoms with Gasteiger partial charge in [-0.2, -0.15) is 0 Å². The quantitative estimate of drug-likeness (QED) is 0.941. The molecule has 0 aliphatic carbocycles. The van der Waals surface area contributed by atoms with Crippen molar-refractivity contribution in [3.8, 4) is 0 Å². The molecule has 1 saturated heterocycles. The standard InChI is InChI=1S/C16H17FN2O2S/c1-16(5-6-21-10-16)14(20)19-15-18-9-13(22-15)8-11-3-2-4-12(17)7-11/h2-4,7,9H,5-6,8,10H2,1H3,(H,18,19,20)/t16-/m1/s1. The third kappa shape index (κ3) is 3.34. The maximum absolute atomic E-state index is 13.2. The Kier molecular flexibility index (Phi) is 4.22. The van der Waals surface area contributed by atoms with Crippen LogP contribution in [0.5, 0.6) is 0 Å². The number of halogens is 1. The molecule has 0 unspecified atom stereocenters. The molecule has 1 amide bonds. The lowest BCUT2D eigenvalue weighted by Crippen LogP contribution is -2.33. The van der Waals surface area contributed by atoms with Crippen LogP contribution in [0.4, 0.5) is 9.52 Å². The van der Waals surface area contributed by atoms with Crippen molar-refractivity contribution in [1.82, 2.24) is 4.98 Å². The predicted octanol–water partition coefficient (Wildman–Crippen LogP) is 3.24. The zero-order chi connectivity index (χ0) is 15.6. The first-order chi connectivity index (χ1) is 10.5. The summed E-state index contributed by atoms with van der Waals surface area (Å²) in [5, 5.41) is 3.43. The van der Waals surface area contributed by atoms with Crippen LogP contribution in [0.15, 0.2) is 30.5 Å². The molecular formula is C16H17FN2O2S. The second kappa shape index (κ2) is 6.14. The van der Waals surface area contributed by atoms with E-state index in [9.17, 15) is 9.18 Å². The van der Waals surface area contributed by atoms with Crippen molar-refractivity contribution in [2.24, 2.45) is 5.41 Å². The van der Waals surface area contributed by atoms with E-state index < -0.39 is 5.41 Å². The van der Waals surface area contributed by atoms with Crippen molar-refractivity contribution in [1.29, 1.82) is 0 Å². The maximum atomic E-state index is 13.2. The second-order valence-electron chi connectivity index (χ2n) is 5.76. The molecule has 1 aromatic carbocycles. The van der Waals surface area contributed by atoms with Gasteiger partial charge in [-0.05, 0) is 31.0 Å². The topological polar surface area (TPSA) is 51.2 Å². The van der Waals surface area contributed by atoms with Crippen LogP contribution in [0.1, 0.15) is 23.8 Å². The van der Waals surface area contributed by atoms with Crippen LogP contribution in [0.2, 0.25) is 0 Å². The minimum Gasteiger partial charge on any atom is -0.380 e. The van der Waals surface area contributed by atoms with Gasteiger partial charge in [-0.1, -0.05) is 12.1 Å². The monoisotopic (exact) mass is 320 g/mol. The number of nitrogens with zero attached hydrogens (tertiary/aromatic N) is 1. The van der Waals surface area contributed by atoms with E-state index in [2.05, 4.69) is 10.3 Å². The average molecular weight is 320 g/mol.